The van der Waals surface area contributed by atoms with Gasteiger partial charge in [0.1, 0.15) is 5.01 Å². The van der Waals surface area contributed by atoms with E-state index in [1.165, 1.54) is 0 Å². The summed E-state index contributed by atoms with van der Waals surface area (Å²) in [6.07, 6.45) is 0. The van der Waals surface area contributed by atoms with Crippen molar-refractivity contribution in [3.63, 3.8) is 0 Å². The van der Waals surface area contributed by atoms with E-state index in [2.05, 4.69) is 33.0 Å². The van der Waals surface area contributed by atoms with Crippen LogP contribution in [0.2, 0.25) is 0 Å². The van der Waals surface area contributed by atoms with Crippen molar-refractivity contribution in [2.24, 2.45) is 0 Å². The largest absolute Gasteiger partial charge is 0.378 e. The monoisotopic (exact) mass is 283 g/mol. The van der Waals surface area contributed by atoms with Crippen molar-refractivity contribution in [2.75, 3.05) is 7.11 Å². The molecule has 0 radical (unpaired) electrons. The average molecular weight is 284 g/mol. The Bertz CT molecular complexity index is 455. The zero-order valence-corrected chi connectivity index (χ0v) is 10.6. The van der Waals surface area contributed by atoms with E-state index < -0.39 is 0 Å². The summed E-state index contributed by atoms with van der Waals surface area (Å²) < 4.78 is 6.11. The first-order chi connectivity index (χ1) is 7.29. The maximum Gasteiger partial charge on any atom is 0.123 e. The molecule has 2 rings (SSSR count). The molecule has 0 saturated heterocycles. The number of thiazole rings is 1. The summed E-state index contributed by atoms with van der Waals surface area (Å²) in [4.78, 5) is 4.48. The number of hydrogen-bond acceptors (Lipinski definition) is 3. The molecule has 0 bridgehead atoms. The van der Waals surface area contributed by atoms with Crippen LogP contribution in [0.5, 0.6) is 0 Å². The first-order valence-corrected chi connectivity index (χ1v) is 6.16. The van der Waals surface area contributed by atoms with E-state index in [1.54, 1.807) is 18.4 Å². The predicted molar refractivity (Wildman–Crippen MR) is 66.0 cm³/mol. The molecule has 0 saturated carbocycles. The van der Waals surface area contributed by atoms with E-state index >= 15 is 0 Å². The summed E-state index contributed by atoms with van der Waals surface area (Å²) in [7, 11) is 1.68. The number of rotatable bonds is 3. The summed E-state index contributed by atoms with van der Waals surface area (Å²) in [5.74, 6) is 0. The van der Waals surface area contributed by atoms with Crippen molar-refractivity contribution < 1.29 is 4.74 Å². The number of benzene rings is 1. The highest BCUT2D eigenvalue weighted by Crippen LogP contribution is 2.26. The second kappa shape index (κ2) is 4.88. The van der Waals surface area contributed by atoms with E-state index in [4.69, 9.17) is 4.74 Å². The molecule has 2 aromatic rings. The molecule has 15 heavy (non-hydrogen) atoms. The zero-order valence-electron chi connectivity index (χ0n) is 8.24. The van der Waals surface area contributed by atoms with Crippen molar-refractivity contribution in [3.8, 4) is 10.6 Å². The van der Waals surface area contributed by atoms with Gasteiger partial charge in [0.25, 0.3) is 0 Å². The molecular formula is C11H10BrNOS. The van der Waals surface area contributed by atoms with Gasteiger partial charge in [0.05, 0.1) is 12.3 Å². The first kappa shape index (κ1) is 10.8. The Morgan fingerprint density at radius 3 is 3.07 bits per heavy atom. The smallest absolute Gasteiger partial charge is 0.123 e. The average Bonchev–Trinajstić information content (AvgIpc) is 2.67. The first-order valence-electron chi connectivity index (χ1n) is 4.49. The van der Waals surface area contributed by atoms with Gasteiger partial charge < -0.3 is 4.74 Å². The van der Waals surface area contributed by atoms with Crippen molar-refractivity contribution in [1.82, 2.24) is 4.98 Å². The maximum atomic E-state index is 5.04. The van der Waals surface area contributed by atoms with Crippen LogP contribution in [0.3, 0.4) is 0 Å². The van der Waals surface area contributed by atoms with Crippen molar-refractivity contribution in [3.05, 3.63) is 39.8 Å². The Kier molecular flexibility index (Phi) is 3.51. The Balaban J connectivity index is 2.29. The SMILES string of the molecule is COCc1csc(-c2cccc(Br)c2)n1. The van der Waals surface area contributed by atoms with Crippen molar-refractivity contribution in [2.45, 2.75) is 6.61 Å². The number of hydrogen-bond donors (Lipinski definition) is 0. The number of nitrogens with zero attached hydrogens (tertiary/aromatic N) is 1. The van der Waals surface area contributed by atoms with Gasteiger partial charge in [-0.15, -0.1) is 11.3 Å². The molecular weight excluding hydrogens is 274 g/mol. The van der Waals surface area contributed by atoms with Crippen molar-refractivity contribution in [1.29, 1.82) is 0 Å². The van der Waals surface area contributed by atoms with E-state index in [0.29, 0.717) is 6.61 Å². The Morgan fingerprint density at radius 2 is 2.33 bits per heavy atom. The van der Waals surface area contributed by atoms with Gasteiger partial charge in [0.2, 0.25) is 0 Å². The number of halogens is 1. The molecule has 78 valence electrons. The summed E-state index contributed by atoms with van der Waals surface area (Å²) in [5, 5.41) is 3.06. The minimum atomic E-state index is 0.574. The fourth-order valence-electron chi connectivity index (χ4n) is 1.28. The molecule has 0 spiro atoms. The summed E-state index contributed by atoms with van der Waals surface area (Å²) in [6, 6.07) is 8.14. The molecule has 0 aliphatic carbocycles. The molecule has 0 N–H and O–H groups in total. The van der Waals surface area contributed by atoms with Crippen LogP contribution in [-0.2, 0) is 11.3 Å². The lowest BCUT2D eigenvalue weighted by Crippen LogP contribution is -1.86. The van der Waals surface area contributed by atoms with Crippen molar-refractivity contribution >= 4 is 27.3 Å². The van der Waals surface area contributed by atoms with E-state index in [1.807, 2.05) is 17.5 Å². The third kappa shape index (κ3) is 2.65. The lowest BCUT2D eigenvalue weighted by molar-refractivity contribution is 0.182. The summed E-state index contributed by atoms with van der Waals surface area (Å²) >= 11 is 5.09. The quantitative estimate of drug-likeness (QED) is 0.857. The van der Waals surface area contributed by atoms with E-state index in [0.717, 1.165) is 20.7 Å². The molecule has 1 aromatic carbocycles. The van der Waals surface area contributed by atoms with Crippen LogP contribution in [-0.4, -0.2) is 12.1 Å². The van der Waals surface area contributed by atoms with Gasteiger partial charge >= 0.3 is 0 Å². The third-order valence-electron chi connectivity index (χ3n) is 1.92. The molecule has 0 amide bonds. The highest BCUT2D eigenvalue weighted by molar-refractivity contribution is 9.10. The summed E-state index contributed by atoms with van der Waals surface area (Å²) in [6.45, 7) is 0.574. The number of aromatic nitrogens is 1. The van der Waals surface area contributed by atoms with Gasteiger partial charge in [-0.05, 0) is 12.1 Å². The van der Waals surface area contributed by atoms with Gasteiger partial charge in [-0.2, -0.15) is 0 Å². The lowest BCUT2D eigenvalue weighted by atomic mass is 10.2. The van der Waals surface area contributed by atoms with Crippen LogP contribution >= 0.6 is 27.3 Å². The molecule has 0 unspecified atom stereocenters. The fraction of sp³-hybridized carbons (Fsp3) is 0.182. The molecule has 0 atom stereocenters. The van der Waals surface area contributed by atoms with Gasteiger partial charge in [-0.1, -0.05) is 28.1 Å². The maximum absolute atomic E-state index is 5.04. The van der Waals surface area contributed by atoms with Crippen LogP contribution in [0.15, 0.2) is 34.1 Å². The molecule has 0 aliphatic rings. The molecule has 1 heterocycles. The second-order valence-corrected chi connectivity index (χ2v) is 4.86. The topological polar surface area (TPSA) is 22.1 Å². The lowest BCUT2D eigenvalue weighted by Gasteiger charge is -1.96. The van der Waals surface area contributed by atoms with Gasteiger partial charge in [0.15, 0.2) is 0 Å². The molecule has 0 aliphatic heterocycles. The number of methoxy groups -OCH3 is 1. The van der Waals surface area contributed by atoms with Crippen LogP contribution in [0.25, 0.3) is 10.6 Å². The highest BCUT2D eigenvalue weighted by atomic mass is 79.9. The zero-order chi connectivity index (χ0) is 10.7. The van der Waals surface area contributed by atoms with Crippen LogP contribution in [0, 0.1) is 0 Å². The van der Waals surface area contributed by atoms with Crippen LogP contribution in [0.1, 0.15) is 5.69 Å². The predicted octanol–water partition coefficient (Wildman–Crippen LogP) is 3.72. The number of ether oxygens (including phenoxy) is 1. The molecule has 4 heteroatoms. The Labute approximate surface area is 101 Å². The normalized spacial score (nSPS) is 10.5. The second-order valence-electron chi connectivity index (χ2n) is 3.09. The van der Waals surface area contributed by atoms with Gasteiger partial charge in [-0.3, -0.25) is 0 Å². The molecule has 1 aromatic heterocycles. The van der Waals surface area contributed by atoms with E-state index in [-0.39, 0.29) is 0 Å². The Morgan fingerprint density at radius 1 is 1.47 bits per heavy atom. The van der Waals surface area contributed by atoms with E-state index in [9.17, 15) is 0 Å². The molecule has 0 fully saturated rings. The minimum Gasteiger partial charge on any atom is -0.378 e. The van der Waals surface area contributed by atoms with Crippen LogP contribution < -0.4 is 0 Å². The fourth-order valence-corrected chi connectivity index (χ4v) is 2.48. The molecule has 2 nitrogen and oxygen atoms in total. The minimum absolute atomic E-state index is 0.574. The highest BCUT2D eigenvalue weighted by Gasteiger charge is 2.04. The summed E-state index contributed by atoms with van der Waals surface area (Å²) in [5.41, 5.74) is 2.12. The Hall–Kier alpha value is -0.710. The van der Waals surface area contributed by atoms with Crippen LogP contribution in [0.4, 0.5) is 0 Å². The van der Waals surface area contributed by atoms with Gasteiger partial charge in [-0.25, -0.2) is 4.98 Å². The van der Waals surface area contributed by atoms with Gasteiger partial charge in [0, 0.05) is 22.5 Å². The standard InChI is InChI=1S/C11H10BrNOS/c1-14-6-10-7-15-11(13-10)8-3-2-4-9(12)5-8/h2-5,7H,6H2,1H3. The third-order valence-corrected chi connectivity index (χ3v) is 3.35.